The SMILES string of the molecule is N#Cc1cnc2ccc(-c3c(-c4ccc(F)c(Cl)c4)[nH]c[n+]3CCO)nn12. The lowest BCUT2D eigenvalue weighted by Gasteiger charge is -2.05. The van der Waals surface area contributed by atoms with Crippen molar-refractivity contribution in [1.82, 2.24) is 19.6 Å². The Bertz CT molecular complexity index is 1190. The molecule has 0 spiro atoms. The molecule has 0 aliphatic heterocycles. The Morgan fingerprint density at radius 2 is 2.19 bits per heavy atom. The van der Waals surface area contributed by atoms with E-state index in [9.17, 15) is 14.8 Å². The number of rotatable bonds is 4. The van der Waals surface area contributed by atoms with Crippen molar-refractivity contribution in [3.63, 3.8) is 0 Å². The molecule has 0 aliphatic rings. The van der Waals surface area contributed by atoms with E-state index < -0.39 is 5.82 Å². The number of H-pyrrole nitrogens is 1. The Labute approximate surface area is 157 Å². The highest BCUT2D eigenvalue weighted by Gasteiger charge is 2.24. The minimum absolute atomic E-state index is 0.00606. The summed E-state index contributed by atoms with van der Waals surface area (Å²) in [5.74, 6) is -0.506. The van der Waals surface area contributed by atoms with Crippen LogP contribution in [0.1, 0.15) is 5.69 Å². The normalized spacial score (nSPS) is 11.0. The first-order valence-corrected chi connectivity index (χ1v) is 8.42. The number of halogens is 2. The molecule has 4 rings (SSSR count). The van der Waals surface area contributed by atoms with Crippen molar-refractivity contribution < 1.29 is 14.1 Å². The summed E-state index contributed by atoms with van der Waals surface area (Å²) in [5, 5.41) is 23.1. The number of nitrogens with zero attached hydrogens (tertiary/aromatic N) is 5. The number of imidazole rings is 2. The number of aliphatic hydroxyl groups excluding tert-OH is 1. The first kappa shape index (κ1) is 17.1. The number of aromatic nitrogens is 5. The van der Waals surface area contributed by atoms with Crippen LogP contribution in [-0.4, -0.2) is 31.3 Å². The Hall–Kier alpha value is -3.28. The van der Waals surface area contributed by atoms with Crippen LogP contribution in [0.15, 0.2) is 42.9 Å². The highest BCUT2D eigenvalue weighted by molar-refractivity contribution is 6.31. The second kappa shape index (κ2) is 6.79. The van der Waals surface area contributed by atoms with E-state index in [-0.39, 0.29) is 11.6 Å². The van der Waals surface area contributed by atoms with Gasteiger partial charge in [-0.2, -0.15) is 10.4 Å². The van der Waals surface area contributed by atoms with Crippen molar-refractivity contribution in [3.05, 3.63) is 59.4 Å². The average molecular weight is 384 g/mol. The minimum atomic E-state index is -0.506. The zero-order chi connectivity index (χ0) is 19.0. The average Bonchev–Trinajstić information content (AvgIpc) is 3.27. The highest BCUT2D eigenvalue weighted by atomic mass is 35.5. The van der Waals surface area contributed by atoms with Crippen LogP contribution in [0.4, 0.5) is 4.39 Å². The number of nitrogens with one attached hydrogen (secondary N) is 1. The van der Waals surface area contributed by atoms with Crippen molar-refractivity contribution >= 4 is 17.2 Å². The van der Waals surface area contributed by atoms with Gasteiger partial charge in [-0.25, -0.2) is 23.4 Å². The van der Waals surface area contributed by atoms with Gasteiger partial charge in [-0.3, -0.25) is 0 Å². The third-order valence-corrected chi connectivity index (χ3v) is 4.45. The molecular weight excluding hydrogens is 371 g/mol. The summed E-state index contributed by atoms with van der Waals surface area (Å²) in [6.07, 6.45) is 3.15. The Balaban J connectivity index is 1.94. The molecule has 3 aromatic heterocycles. The molecule has 0 radical (unpaired) electrons. The summed E-state index contributed by atoms with van der Waals surface area (Å²) >= 11 is 5.93. The molecule has 27 heavy (non-hydrogen) atoms. The molecule has 9 heteroatoms. The van der Waals surface area contributed by atoms with Gasteiger partial charge in [-0.05, 0) is 30.3 Å². The molecule has 3 heterocycles. The standard InChI is InChI=1S/C18H12ClFN6O/c19-13-7-11(1-2-14(13)20)17-18(25(5-6-27)10-23-17)15-3-4-16-22-9-12(8-21)26(16)24-15/h1-4,7,9-10,27H,5-6H2/p+1. The molecule has 0 bridgehead atoms. The number of benzene rings is 1. The molecule has 0 aliphatic carbocycles. The third-order valence-electron chi connectivity index (χ3n) is 4.16. The fraction of sp³-hybridized carbons (Fsp3) is 0.111. The first-order valence-electron chi connectivity index (χ1n) is 8.04. The molecular formula is C18H13ClFN6O+. The van der Waals surface area contributed by atoms with Crippen LogP contribution in [0.5, 0.6) is 0 Å². The van der Waals surface area contributed by atoms with Crippen LogP contribution in [-0.2, 0) is 6.54 Å². The number of hydrogen-bond acceptors (Lipinski definition) is 4. The molecule has 7 nitrogen and oxygen atoms in total. The Morgan fingerprint density at radius 1 is 1.33 bits per heavy atom. The van der Waals surface area contributed by atoms with Crippen molar-refractivity contribution in [2.45, 2.75) is 6.54 Å². The fourth-order valence-electron chi connectivity index (χ4n) is 2.93. The topological polar surface area (TPSA) is 93.9 Å². The zero-order valence-electron chi connectivity index (χ0n) is 13.9. The number of aliphatic hydroxyl groups is 1. The van der Waals surface area contributed by atoms with Gasteiger partial charge in [0.25, 0.3) is 0 Å². The summed E-state index contributed by atoms with van der Waals surface area (Å²) in [6, 6.07) is 9.99. The molecule has 4 aromatic rings. The molecule has 0 fully saturated rings. The van der Waals surface area contributed by atoms with Crippen molar-refractivity contribution in [1.29, 1.82) is 5.26 Å². The van der Waals surface area contributed by atoms with Crippen LogP contribution in [0.3, 0.4) is 0 Å². The van der Waals surface area contributed by atoms with Crippen LogP contribution < -0.4 is 4.57 Å². The second-order valence-electron chi connectivity index (χ2n) is 5.79. The zero-order valence-corrected chi connectivity index (χ0v) is 14.7. The van der Waals surface area contributed by atoms with Gasteiger partial charge in [0.2, 0.25) is 12.0 Å². The summed E-state index contributed by atoms with van der Waals surface area (Å²) in [4.78, 5) is 7.27. The molecule has 2 N–H and O–H groups in total. The lowest BCUT2D eigenvalue weighted by molar-refractivity contribution is -0.686. The van der Waals surface area contributed by atoms with Gasteiger partial charge >= 0.3 is 0 Å². The smallest absolute Gasteiger partial charge is 0.242 e. The van der Waals surface area contributed by atoms with E-state index in [1.54, 1.807) is 29.1 Å². The number of fused-ring (bicyclic) bond motifs is 1. The van der Waals surface area contributed by atoms with Gasteiger partial charge in [0.1, 0.15) is 24.1 Å². The van der Waals surface area contributed by atoms with Crippen LogP contribution in [0.2, 0.25) is 5.02 Å². The van der Waals surface area contributed by atoms with E-state index in [4.69, 9.17) is 11.6 Å². The van der Waals surface area contributed by atoms with Crippen molar-refractivity contribution in [2.75, 3.05) is 6.61 Å². The van der Waals surface area contributed by atoms with E-state index in [1.165, 1.54) is 22.8 Å². The minimum Gasteiger partial charge on any atom is -0.392 e. The predicted octanol–water partition coefficient (Wildman–Crippen LogP) is 2.34. The lowest BCUT2D eigenvalue weighted by Crippen LogP contribution is -2.36. The maximum Gasteiger partial charge on any atom is 0.242 e. The number of aromatic amines is 1. The maximum absolute atomic E-state index is 13.6. The Morgan fingerprint density at radius 3 is 2.93 bits per heavy atom. The fourth-order valence-corrected chi connectivity index (χ4v) is 3.11. The monoisotopic (exact) mass is 383 g/mol. The van der Waals surface area contributed by atoms with Gasteiger partial charge in [-0.15, -0.1) is 0 Å². The predicted molar refractivity (Wildman–Crippen MR) is 95.2 cm³/mol. The lowest BCUT2D eigenvalue weighted by atomic mass is 10.1. The van der Waals surface area contributed by atoms with Crippen molar-refractivity contribution in [3.8, 4) is 28.7 Å². The number of nitriles is 1. The second-order valence-corrected chi connectivity index (χ2v) is 6.19. The third kappa shape index (κ3) is 2.93. The molecule has 0 atom stereocenters. The first-order chi connectivity index (χ1) is 13.1. The van der Waals surface area contributed by atoms with Crippen LogP contribution >= 0.6 is 11.6 Å². The van der Waals surface area contributed by atoms with Gasteiger partial charge in [0.05, 0.1) is 17.8 Å². The van der Waals surface area contributed by atoms with E-state index in [0.29, 0.717) is 40.5 Å². The van der Waals surface area contributed by atoms with E-state index in [0.717, 1.165) is 0 Å². The molecule has 134 valence electrons. The summed E-state index contributed by atoms with van der Waals surface area (Å²) in [6.45, 7) is 0.255. The molecule has 0 unspecified atom stereocenters. The van der Waals surface area contributed by atoms with Gasteiger partial charge in [0.15, 0.2) is 17.0 Å². The molecule has 0 amide bonds. The maximum atomic E-state index is 13.6. The van der Waals surface area contributed by atoms with Crippen LogP contribution in [0, 0.1) is 17.1 Å². The quantitative estimate of drug-likeness (QED) is 0.529. The van der Waals surface area contributed by atoms with E-state index >= 15 is 0 Å². The molecule has 0 saturated carbocycles. The highest BCUT2D eigenvalue weighted by Crippen LogP contribution is 2.29. The van der Waals surface area contributed by atoms with Gasteiger partial charge in [0, 0.05) is 5.56 Å². The van der Waals surface area contributed by atoms with Gasteiger partial charge < -0.3 is 5.11 Å². The Kier molecular flexibility index (Phi) is 4.32. The molecule has 0 saturated heterocycles. The van der Waals surface area contributed by atoms with Crippen molar-refractivity contribution in [2.24, 2.45) is 0 Å². The summed E-state index contributed by atoms with van der Waals surface area (Å²) in [7, 11) is 0. The van der Waals surface area contributed by atoms with Gasteiger partial charge in [-0.1, -0.05) is 11.6 Å². The summed E-state index contributed by atoms with van der Waals surface area (Å²) < 4.78 is 16.8. The number of hydrogen-bond donors (Lipinski definition) is 2. The van der Waals surface area contributed by atoms with E-state index in [1.807, 2.05) is 6.07 Å². The van der Waals surface area contributed by atoms with E-state index in [2.05, 4.69) is 15.1 Å². The molecule has 1 aromatic carbocycles. The summed E-state index contributed by atoms with van der Waals surface area (Å²) in [5.41, 5.74) is 3.42. The van der Waals surface area contributed by atoms with Crippen LogP contribution in [0.25, 0.3) is 28.3 Å². The largest absolute Gasteiger partial charge is 0.392 e.